The molecule has 1 fully saturated rings. The average molecular weight is 280 g/mol. The monoisotopic (exact) mass is 280 g/mol. The Morgan fingerprint density at radius 2 is 2.00 bits per heavy atom. The second-order valence-corrected chi connectivity index (χ2v) is 6.38. The van der Waals surface area contributed by atoms with E-state index in [4.69, 9.17) is 0 Å². The average Bonchev–Trinajstić information content (AvgIpc) is 2.72. The minimum Gasteiger partial charge on any atom is -0.480 e. The second kappa shape index (κ2) is 5.54. The number of aliphatic carboxylic acids is 1. The molecule has 0 bridgehead atoms. The first kappa shape index (κ1) is 15.0. The van der Waals surface area contributed by atoms with Crippen LogP contribution in [0.5, 0.6) is 0 Å². The topological polar surface area (TPSA) is 70.4 Å². The Labute approximate surface area is 119 Å². The van der Waals surface area contributed by atoms with Crippen LogP contribution < -0.4 is 5.32 Å². The number of hydrogen-bond donors (Lipinski definition) is 2. The summed E-state index contributed by atoms with van der Waals surface area (Å²) in [6, 6.07) is -0.611. The molecule has 1 aliphatic rings. The molecule has 0 radical (unpaired) electrons. The lowest BCUT2D eigenvalue weighted by Crippen LogP contribution is -2.47. The molecule has 1 saturated heterocycles. The molecule has 2 rings (SSSR count). The number of nitrogens with one attached hydrogen (secondary N) is 1. The van der Waals surface area contributed by atoms with E-state index >= 15 is 0 Å². The Morgan fingerprint density at radius 1 is 1.40 bits per heavy atom. The summed E-state index contributed by atoms with van der Waals surface area (Å²) in [4.78, 5) is 13.8. The quantitative estimate of drug-likeness (QED) is 0.855. The molecule has 6 heteroatoms. The standard InChI is InChI=1S/C14H24N4O2/c1-14(2,3)12-10(9-17(4)16-12)11(13(19)20)18-7-5-15-6-8-18/h9,11,15H,5-8H2,1-4H3,(H,19,20). The fraction of sp³-hybridized carbons (Fsp3) is 0.714. The fourth-order valence-electron chi connectivity index (χ4n) is 2.72. The molecular formula is C14H24N4O2. The third kappa shape index (κ3) is 3.02. The van der Waals surface area contributed by atoms with Gasteiger partial charge in [0.15, 0.2) is 0 Å². The lowest BCUT2D eigenvalue weighted by molar-refractivity contribution is -0.143. The Balaban J connectivity index is 2.41. The Morgan fingerprint density at radius 3 is 2.50 bits per heavy atom. The van der Waals surface area contributed by atoms with E-state index in [1.165, 1.54) is 0 Å². The summed E-state index contributed by atoms with van der Waals surface area (Å²) in [7, 11) is 1.84. The zero-order valence-electron chi connectivity index (χ0n) is 12.7. The van der Waals surface area contributed by atoms with Gasteiger partial charge in [-0.15, -0.1) is 0 Å². The number of carbonyl (C=O) groups is 1. The maximum atomic E-state index is 11.8. The number of aryl methyl sites for hydroxylation is 1. The summed E-state index contributed by atoms with van der Waals surface area (Å²) >= 11 is 0. The first-order valence-electron chi connectivity index (χ1n) is 7.02. The normalized spacial score (nSPS) is 19.0. The van der Waals surface area contributed by atoms with Crippen LogP contribution in [-0.2, 0) is 17.3 Å². The molecule has 112 valence electrons. The van der Waals surface area contributed by atoms with Gasteiger partial charge in [-0.25, -0.2) is 0 Å². The van der Waals surface area contributed by atoms with Crippen molar-refractivity contribution in [2.24, 2.45) is 7.05 Å². The van der Waals surface area contributed by atoms with Crippen LogP contribution in [0.1, 0.15) is 38.1 Å². The highest BCUT2D eigenvalue weighted by Crippen LogP contribution is 2.31. The highest BCUT2D eigenvalue weighted by Gasteiger charge is 2.34. The fourth-order valence-corrected chi connectivity index (χ4v) is 2.72. The summed E-state index contributed by atoms with van der Waals surface area (Å²) in [5, 5.41) is 17.4. The van der Waals surface area contributed by atoms with Crippen LogP contribution in [0.3, 0.4) is 0 Å². The van der Waals surface area contributed by atoms with Gasteiger partial charge in [0.2, 0.25) is 0 Å². The largest absolute Gasteiger partial charge is 0.480 e. The van der Waals surface area contributed by atoms with Gasteiger partial charge in [-0.2, -0.15) is 5.10 Å². The van der Waals surface area contributed by atoms with Crippen molar-refractivity contribution < 1.29 is 9.90 Å². The molecule has 2 N–H and O–H groups in total. The van der Waals surface area contributed by atoms with Crippen molar-refractivity contribution in [1.82, 2.24) is 20.0 Å². The van der Waals surface area contributed by atoms with Gasteiger partial charge in [0, 0.05) is 50.4 Å². The molecule has 1 atom stereocenters. The molecule has 0 amide bonds. The lowest BCUT2D eigenvalue weighted by atomic mass is 9.87. The number of hydrogen-bond acceptors (Lipinski definition) is 4. The molecule has 0 saturated carbocycles. The minimum absolute atomic E-state index is 0.168. The van der Waals surface area contributed by atoms with Gasteiger partial charge >= 0.3 is 5.97 Å². The van der Waals surface area contributed by atoms with Crippen LogP contribution in [0, 0.1) is 0 Å². The molecule has 1 aromatic rings. The molecule has 0 spiro atoms. The van der Waals surface area contributed by atoms with Crippen molar-refractivity contribution in [2.45, 2.75) is 32.2 Å². The first-order valence-corrected chi connectivity index (χ1v) is 7.02. The smallest absolute Gasteiger partial charge is 0.325 e. The zero-order chi connectivity index (χ0) is 14.9. The van der Waals surface area contributed by atoms with Crippen LogP contribution in [0.25, 0.3) is 0 Å². The number of carboxylic acids is 1. The third-order valence-electron chi connectivity index (χ3n) is 3.61. The summed E-state index contributed by atoms with van der Waals surface area (Å²) < 4.78 is 1.72. The van der Waals surface area contributed by atoms with Crippen LogP contribution in [0.4, 0.5) is 0 Å². The van der Waals surface area contributed by atoms with Crippen LogP contribution >= 0.6 is 0 Å². The van der Waals surface area contributed by atoms with E-state index in [1.807, 2.05) is 18.1 Å². The predicted octanol–water partition coefficient (Wildman–Crippen LogP) is 0.749. The van der Waals surface area contributed by atoms with E-state index in [0.29, 0.717) is 0 Å². The number of carboxylic acid groups (broad SMARTS) is 1. The lowest BCUT2D eigenvalue weighted by Gasteiger charge is -2.33. The number of aromatic nitrogens is 2. The van der Waals surface area contributed by atoms with Crippen LogP contribution in [0.15, 0.2) is 6.20 Å². The SMILES string of the molecule is Cn1cc(C(C(=O)O)N2CCNCC2)c(C(C)(C)C)n1. The summed E-state index contributed by atoms with van der Waals surface area (Å²) in [5.41, 5.74) is 1.51. The van der Waals surface area contributed by atoms with E-state index in [2.05, 4.69) is 31.2 Å². The van der Waals surface area contributed by atoms with Crippen molar-refractivity contribution in [3.8, 4) is 0 Å². The van der Waals surface area contributed by atoms with Crippen LogP contribution in [-0.4, -0.2) is 51.9 Å². The summed E-state index contributed by atoms with van der Waals surface area (Å²) in [6.45, 7) is 9.34. The van der Waals surface area contributed by atoms with E-state index in [9.17, 15) is 9.90 Å². The highest BCUT2D eigenvalue weighted by molar-refractivity contribution is 5.76. The van der Waals surface area contributed by atoms with Gasteiger partial charge in [0.1, 0.15) is 6.04 Å². The second-order valence-electron chi connectivity index (χ2n) is 6.38. The summed E-state index contributed by atoms with van der Waals surface area (Å²) in [5.74, 6) is -0.801. The molecule has 1 aliphatic heterocycles. The van der Waals surface area contributed by atoms with E-state index in [-0.39, 0.29) is 5.41 Å². The van der Waals surface area contributed by atoms with Crippen molar-refractivity contribution >= 4 is 5.97 Å². The van der Waals surface area contributed by atoms with Gasteiger partial charge in [-0.3, -0.25) is 14.4 Å². The van der Waals surface area contributed by atoms with Crippen molar-refractivity contribution in [3.05, 3.63) is 17.5 Å². The van der Waals surface area contributed by atoms with Crippen molar-refractivity contribution in [1.29, 1.82) is 0 Å². The number of nitrogens with zero attached hydrogens (tertiary/aromatic N) is 3. The molecule has 0 aliphatic carbocycles. The van der Waals surface area contributed by atoms with Crippen molar-refractivity contribution in [2.75, 3.05) is 26.2 Å². The molecular weight excluding hydrogens is 256 g/mol. The Hall–Kier alpha value is -1.40. The first-order chi connectivity index (χ1) is 9.30. The Kier molecular flexibility index (Phi) is 4.15. The third-order valence-corrected chi connectivity index (χ3v) is 3.61. The maximum absolute atomic E-state index is 11.8. The maximum Gasteiger partial charge on any atom is 0.325 e. The molecule has 20 heavy (non-hydrogen) atoms. The van der Waals surface area contributed by atoms with Crippen molar-refractivity contribution in [3.63, 3.8) is 0 Å². The van der Waals surface area contributed by atoms with E-state index < -0.39 is 12.0 Å². The highest BCUT2D eigenvalue weighted by atomic mass is 16.4. The summed E-state index contributed by atoms with van der Waals surface area (Å²) in [6.07, 6.45) is 1.85. The molecule has 2 heterocycles. The molecule has 1 aromatic heterocycles. The minimum atomic E-state index is -0.801. The molecule has 6 nitrogen and oxygen atoms in total. The molecule has 1 unspecified atom stereocenters. The Bertz CT molecular complexity index is 484. The van der Waals surface area contributed by atoms with Crippen LogP contribution in [0.2, 0.25) is 0 Å². The number of rotatable bonds is 3. The molecule has 0 aromatic carbocycles. The number of piperazine rings is 1. The van der Waals surface area contributed by atoms with Gasteiger partial charge in [0.25, 0.3) is 0 Å². The van der Waals surface area contributed by atoms with Gasteiger partial charge < -0.3 is 10.4 Å². The van der Waals surface area contributed by atoms with E-state index in [1.54, 1.807) is 4.68 Å². The van der Waals surface area contributed by atoms with Gasteiger partial charge in [-0.05, 0) is 0 Å². The van der Waals surface area contributed by atoms with Gasteiger partial charge in [0.05, 0.1) is 5.69 Å². The predicted molar refractivity (Wildman–Crippen MR) is 76.7 cm³/mol. The van der Waals surface area contributed by atoms with Gasteiger partial charge in [-0.1, -0.05) is 20.8 Å². The van der Waals surface area contributed by atoms with E-state index in [0.717, 1.165) is 37.4 Å². The zero-order valence-corrected chi connectivity index (χ0v) is 12.7.